The van der Waals surface area contributed by atoms with Gasteiger partial charge in [0.1, 0.15) is 0 Å². The van der Waals surface area contributed by atoms with Crippen LogP contribution in [0.5, 0.6) is 0 Å². The highest BCUT2D eigenvalue weighted by Crippen LogP contribution is 2.10. The molecule has 140 valence electrons. The minimum Gasteiger partial charge on any atom is -0.355 e. The first-order valence-electron chi connectivity index (χ1n) is 8.18. The summed E-state index contributed by atoms with van der Waals surface area (Å²) in [5.74, 6) is -0.0726. The van der Waals surface area contributed by atoms with Gasteiger partial charge in [0.15, 0.2) is 0 Å². The summed E-state index contributed by atoms with van der Waals surface area (Å²) in [7, 11) is -3.66. The van der Waals surface area contributed by atoms with Crippen molar-refractivity contribution in [2.75, 3.05) is 19.6 Å². The molecule has 0 unspecified atom stereocenters. The van der Waals surface area contributed by atoms with Crippen molar-refractivity contribution in [3.63, 3.8) is 0 Å². The predicted molar refractivity (Wildman–Crippen MR) is 103 cm³/mol. The van der Waals surface area contributed by atoms with E-state index in [0.29, 0.717) is 24.5 Å². The van der Waals surface area contributed by atoms with E-state index in [2.05, 4.69) is 10.6 Å². The minimum atomic E-state index is -3.66. The third-order valence-corrected chi connectivity index (χ3v) is 4.92. The van der Waals surface area contributed by atoms with Gasteiger partial charge in [0.05, 0.1) is 11.4 Å². The number of hydrogen-bond acceptors (Lipinski definition) is 4. The maximum absolute atomic E-state index is 11.8. The van der Waals surface area contributed by atoms with Crippen LogP contribution in [0.3, 0.4) is 0 Å². The summed E-state index contributed by atoms with van der Waals surface area (Å²) in [6, 6.07) is 13.9. The number of carbonyl (C=O) groups excluding carboxylic acids is 1. The van der Waals surface area contributed by atoms with Crippen LogP contribution in [0.15, 0.2) is 53.4 Å². The Labute approximate surface area is 158 Å². The number of rotatable bonds is 9. The molecule has 0 fully saturated rings. The number of sulfonamides is 1. The average molecular weight is 396 g/mol. The summed E-state index contributed by atoms with van der Waals surface area (Å²) < 4.78 is 22.4. The Morgan fingerprint density at radius 3 is 2.35 bits per heavy atom. The van der Waals surface area contributed by atoms with Crippen molar-refractivity contribution < 1.29 is 13.2 Å². The Balaban J connectivity index is 1.62. The molecule has 4 N–H and O–H groups in total. The van der Waals surface area contributed by atoms with Crippen molar-refractivity contribution in [2.24, 2.45) is 5.14 Å². The Morgan fingerprint density at radius 2 is 1.69 bits per heavy atom. The summed E-state index contributed by atoms with van der Waals surface area (Å²) in [6.45, 7) is 1.39. The summed E-state index contributed by atoms with van der Waals surface area (Å²) in [6.07, 6.45) is 1.41. The van der Waals surface area contributed by atoms with Crippen LogP contribution in [0.25, 0.3) is 0 Å². The SMILES string of the molecule is NS(=O)(=O)c1ccc(CCNCC(=O)NCCc2cccc(Cl)c2)cc1. The van der Waals surface area contributed by atoms with Gasteiger partial charge in [-0.3, -0.25) is 4.79 Å². The standard InChI is InChI=1S/C18H22ClN3O3S/c19-16-3-1-2-15(12-16)9-11-22-18(23)13-21-10-8-14-4-6-17(7-5-14)26(20,24)25/h1-7,12,21H,8-11,13H2,(H,22,23)(H2,20,24,25). The molecule has 1 amide bonds. The number of halogens is 1. The van der Waals surface area contributed by atoms with Gasteiger partial charge in [-0.1, -0.05) is 35.9 Å². The van der Waals surface area contributed by atoms with Gasteiger partial charge in [-0.2, -0.15) is 0 Å². The van der Waals surface area contributed by atoms with Gasteiger partial charge in [-0.05, 0) is 54.8 Å². The summed E-state index contributed by atoms with van der Waals surface area (Å²) >= 11 is 5.92. The molecule has 0 aromatic heterocycles. The first-order valence-corrected chi connectivity index (χ1v) is 10.1. The lowest BCUT2D eigenvalue weighted by Gasteiger charge is -2.07. The molecule has 6 nitrogen and oxygen atoms in total. The fraction of sp³-hybridized carbons (Fsp3) is 0.278. The third-order valence-electron chi connectivity index (χ3n) is 3.75. The number of amides is 1. The van der Waals surface area contributed by atoms with Crippen molar-refractivity contribution >= 4 is 27.5 Å². The molecule has 0 spiro atoms. The van der Waals surface area contributed by atoms with Crippen molar-refractivity contribution in [3.05, 3.63) is 64.7 Å². The van der Waals surface area contributed by atoms with Crippen LogP contribution in [-0.2, 0) is 27.7 Å². The number of benzene rings is 2. The van der Waals surface area contributed by atoms with Gasteiger partial charge in [-0.15, -0.1) is 0 Å². The molecular formula is C18H22ClN3O3S. The monoisotopic (exact) mass is 395 g/mol. The van der Waals surface area contributed by atoms with E-state index in [-0.39, 0.29) is 17.3 Å². The highest BCUT2D eigenvalue weighted by atomic mass is 35.5. The summed E-state index contributed by atoms with van der Waals surface area (Å²) in [5.41, 5.74) is 2.04. The van der Waals surface area contributed by atoms with E-state index in [1.807, 2.05) is 24.3 Å². The van der Waals surface area contributed by atoms with Crippen LogP contribution in [-0.4, -0.2) is 34.0 Å². The molecule has 8 heteroatoms. The Morgan fingerprint density at radius 1 is 1.00 bits per heavy atom. The van der Waals surface area contributed by atoms with E-state index in [1.165, 1.54) is 12.1 Å². The topological polar surface area (TPSA) is 101 Å². The molecule has 0 aliphatic heterocycles. The Bertz CT molecular complexity index is 839. The van der Waals surface area contributed by atoms with Crippen LogP contribution < -0.4 is 15.8 Å². The normalized spacial score (nSPS) is 11.3. The van der Waals surface area contributed by atoms with Gasteiger partial charge in [0.25, 0.3) is 0 Å². The van der Waals surface area contributed by atoms with E-state index in [4.69, 9.17) is 16.7 Å². The summed E-state index contributed by atoms with van der Waals surface area (Å²) in [4.78, 5) is 11.9. The molecule has 2 aromatic carbocycles. The van der Waals surface area contributed by atoms with Gasteiger partial charge in [0.2, 0.25) is 15.9 Å². The second-order valence-electron chi connectivity index (χ2n) is 5.85. The lowest BCUT2D eigenvalue weighted by atomic mass is 10.1. The van der Waals surface area contributed by atoms with Crippen LogP contribution in [0, 0.1) is 0 Å². The summed E-state index contributed by atoms with van der Waals surface area (Å²) in [5, 5.41) is 11.7. The van der Waals surface area contributed by atoms with E-state index in [1.54, 1.807) is 12.1 Å². The van der Waals surface area contributed by atoms with Gasteiger partial charge in [0, 0.05) is 11.6 Å². The van der Waals surface area contributed by atoms with Crippen molar-refractivity contribution in [1.82, 2.24) is 10.6 Å². The fourth-order valence-electron chi connectivity index (χ4n) is 2.38. The molecule has 0 aliphatic carbocycles. The van der Waals surface area contributed by atoms with Crippen molar-refractivity contribution in [1.29, 1.82) is 0 Å². The second-order valence-corrected chi connectivity index (χ2v) is 7.84. The largest absolute Gasteiger partial charge is 0.355 e. The number of nitrogens with one attached hydrogen (secondary N) is 2. The zero-order chi connectivity index (χ0) is 19.0. The predicted octanol–water partition coefficient (Wildman–Crippen LogP) is 1.48. The van der Waals surface area contributed by atoms with Crippen LogP contribution in [0.4, 0.5) is 0 Å². The minimum absolute atomic E-state index is 0.0726. The van der Waals surface area contributed by atoms with E-state index >= 15 is 0 Å². The zero-order valence-corrected chi connectivity index (χ0v) is 15.8. The Hall–Kier alpha value is -1.93. The highest BCUT2D eigenvalue weighted by Gasteiger charge is 2.06. The molecule has 0 bridgehead atoms. The van der Waals surface area contributed by atoms with E-state index in [9.17, 15) is 13.2 Å². The number of nitrogens with two attached hydrogens (primary N) is 1. The van der Waals surface area contributed by atoms with Crippen LogP contribution >= 0.6 is 11.6 Å². The molecule has 2 aromatic rings. The average Bonchev–Trinajstić information content (AvgIpc) is 2.58. The quantitative estimate of drug-likeness (QED) is 0.559. The first kappa shape index (κ1) is 20.4. The molecule has 26 heavy (non-hydrogen) atoms. The molecule has 0 atom stereocenters. The van der Waals surface area contributed by atoms with Gasteiger partial charge in [-0.25, -0.2) is 13.6 Å². The number of hydrogen-bond donors (Lipinski definition) is 3. The van der Waals surface area contributed by atoms with Crippen molar-refractivity contribution in [3.8, 4) is 0 Å². The van der Waals surface area contributed by atoms with Gasteiger partial charge >= 0.3 is 0 Å². The molecule has 0 heterocycles. The van der Waals surface area contributed by atoms with E-state index in [0.717, 1.165) is 17.5 Å². The molecule has 0 radical (unpaired) electrons. The van der Waals surface area contributed by atoms with Gasteiger partial charge < -0.3 is 10.6 Å². The smallest absolute Gasteiger partial charge is 0.238 e. The highest BCUT2D eigenvalue weighted by molar-refractivity contribution is 7.89. The maximum Gasteiger partial charge on any atom is 0.238 e. The van der Waals surface area contributed by atoms with E-state index < -0.39 is 10.0 Å². The lowest BCUT2D eigenvalue weighted by molar-refractivity contribution is -0.120. The molecule has 2 rings (SSSR count). The zero-order valence-electron chi connectivity index (χ0n) is 14.2. The van der Waals surface area contributed by atoms with Crippen LogP contribution in [0.1, 0.15) is 11.1 Å². The molecule has 0 saturated carbocycles. The maximum atomic E-state index is 11.8. The molecular weight excluding hydrogens is 374 g/mol. The lowest BCUT2D eigenvalue weighted by Crippen LogP contribution is -2.35. The third kappa shape index (κ3) is 7.13. The number of carbonyl (C=O) groups is 1. The second kappa shape index (κ2) is 9.68. The number of primary sulfonamides is 1. The first-order chi connectivity index (χ1) is 12.3. The van der Waals surface area contributed by atoms with Crippen LogP contribution in [0.2, 0.25) is 5.02 Å². The Kier molecular flexibility index (Phi) is 7.59. The fourth-order valence-corrected chi connectivity index (χ4v) is 3.11. The van der Waals surface area contributed by atoms with Crippen molar-refractivity contribution in [2.45, 2.75) is 17.7 Å². The molecule has 0 saturated heterocycles. The molecule has 0 aliphatic rings.